The molecule has 1 aliphatic rings. The molecule has 2 atom stereocenters. The molecule has 0 radical (unpaired) electrons. The Morgan fingerprint density at radius 2 is 1.66 bits per heavy atom. The SMILES string of the molecule is O=C(NCc1ccccc1COc1ccccc1NC1OC1c1cc([N+](=O)[O-])ccc1Cl)c1ccccc1. The molecule has 192 valence electrons. The molecule has 0 saturated carbocycles. The number of carbonyl (C=O) groups is 1. The summed E-state index contributed by atoms with van der Waals surface area (Å²) in [5.74, 6) is 0.480. The molecule has 38 heavy (non-hydrogen) atoms. The first-order chi connectivity index (χ1) is 18.5. The number of hydrogen-bond acceptors (Lipinski definition) is 6. The van der Waals surface area contributed by atoms with E-state index >= 15 is 0 Å². The number of para-hydroxylation sites is 2. The number of carbonyl (C=O) groups excluding carboxylic acids is 1. The number of ether oxygens (including phenoxy) is 2. The molecule has 1 fully saturated rings. The molecule has 1 saturated heterocycles. The van der Waals surface area contributed by atoms with Crippen LogP contribution in [-0.2, 0) is 17.9 Å². The fourth-order valence-corrected chi connectivity index (χ4v) is 4.30. The normalized spacial score (nSPS) is 15.9. The van der Waals surface area contributed by atoms with Crippen molar-refractivity contribution in [3.63, 3.8) is 0 Å². The van der Waals surface area contributed by atoms with Crippen molar-refractivity contribution < 1.29 is 19.2 Å². The summed E-state index contributed by atoms with van der Waals surface area (Å²) in [5.41, 5.74) is 3.74. The van der Waals surface area contributed by atoms with E-state index in [-0.39, 0.29) is 11.6 Å². The standard InChI is InChI=1S/C29H24ClN3O5/c30-24-15-14-22(33(35)36)16-23(24)27-29(38-27)32-25-12-6-7-13-26(25)37-18-21-11-5-4-10-20(21)17-31-28(34)19-8-2-1-3-9-19/h1-16,27,29,32H,17-18H2,(H,31,34). The number of epoxide rings is 1. The van der Waals surface area contributed by atoms with E-state index in [1.165, 1.54) is 18.2 Å². The van der Waals surface area contributed by atoms with Crippen molar-refractivity contribution >= 4 is 28.9 Å². The molecule has 0 spiro atoms. The molecular weight excluding hydrogens is 506 g/mol. The molecule has 4 aromatic carbocycles. The van der Waals surface area contributed by atoms with Crippen LogP contribution in [0, 0.1) is 10.1 Å². The van der Waals surface area contributed by atoms with Crippen LogP contribution in [0.2, 0.25) is 5.02 Å². The number of anilines is 1. The van der Waals surface area contributed by atoms with E-state index in [2.05, 4.69) is 10.6 Å². The van der Waals surface area contributed by atoms with Crippen molar-refractivity contribution in [2.45, 2.75) is 25.5 Å². The summed E-state index contributed by atoms with van der Waals surface area (Å²) < 4.78 is 11.9. The number of non-ortho nitro benzene ring substituents is 1. The lowest BCUT2D eigenvalue weighted by Gasteiger charge is -2.15. The van der Waals surface area contributed by atoms with E-state index in [4.69, 9.17) is 21.1 Å². The number of nitrogens with one attached hydrogen (secondary N) is 2. The molecule has 0 bridgehead atoms. The van der Waals surface area contributed by atoms with Crippen molar-refractivity contribution in [2.24, 2.45) is 0 Å². The highest BCUT2D eigenvalue weighted by atomic mass is 35.5. The lowest BCUT2D eigenvalue weighted by Crippen LogP contribution is -2.23. The summed E-state index contributed by atoms with van der Waals surface area (Å²) in [6.07, 6.45) is -0.816. The molecule has 2 unspecified atom stereocenters. The zero-order valence-corrected chi connectivity index (χ0v) is 20.9. The molecule has 1 heterocycles. The first-order valence-electron chi connectivity index (χ1n) is 12.0. The van der Waals surface area contributed by atoms with Gasteiger partial charge in [-0.15, -0.1) is 0 Å². The number of amides is 1. The Morgan fingerprint density at radius 1 is 0.947 bits per heavy atom. The summed E-state index contributed by atoms with van der Waals surface area (Å²) in [7, 11) is 0. The molecule has 1 amide bonds. The minimum Gasteiger partial charge on any atom is -0.487 e. The van der Waals surface area contributed by atoms with E-state index in [0.717, 1.165) is 16.8 Å². The van der Waals surface area contributed by atoms with E-state index in [9.17, 15) is 14.9 Å². The second-order valence-electron chi connectivity index (χ2n) is 8.69. The van der Waals surface area contributed by atoms with Crippen LogP contribution in [-0.4, -0.2) is 17.1 Å². The van der Waals surface area contributed by atoms with Crippen LogP contribution in [0.5, 0.6) is 5.75 Å². The molecule has 4 aromatic rings. The third-order valence-electron chi connectivity index (χ3n) is 6.15. The van der Waals surface area contributed by atoms with Crippen molar-refractivity contribution in [3.05, 3.63) is 134 Å². The Morgan fingerprint density at radius 3 is 2.45 bits per heavy atom. The average Bonchev–Trinajstić information content (AvgIpc) is 3.71. The Balaban J connectivity index is 1.23. The molecule has 1 aliphatic heterocycles. The van der Waals surface area contributed by atoms with Gasteiger partial charge in [0.2, 0.25) is 0 Å². The van der Waals surface area contributed by atoms with Gasteiger partial charge in [0, 0.05) is 34.8 Å². The van der Waals surface area contributed by atoms with Gasteiger partial charge in [-0.2, -0.15) is 0 Å². The van der Waals surface area contributed by atoms with Crippen LogP contribution in [0.15, 0.2) is 97.1 Å². The van der Waals surface area contributed by atoms with Crippen LogP contribution >= 0.6 is 11.6 Å². The maximum atomic E-state index is 12.5. The number of nitrogens with zero attached hydrogens (tertiary/aromatic N) is 1. The number of benzene rings is 4. The second kappa shape index (κ2) is 11.3. The maximum absolute atomic E-state index is 12.5. The van der Waals surface area contributed by atoms with Crippen LogP contribution in [0.25, 0.3) is 0 Å². The summed E-state index contributed by atoms with van der Waals surface area (Å²) in [5, 5.41) is 17.8. The second-order valence-corrected chi connectivity index (χ2v) is 9.09. The molecule has 5 rings (SSSR count). The minimum atomic E-state index is -0.460. The third-order valence-corrected chi connectivity index (χ3v) is 6.49. The molecule has 0 aliphatic carbocycles. The van der Waals surface area contributed by atoms with Crippen molar-refractivity contribution in [1.82, 2.24) is 5.32 Å². The Bertz CT molecular complexity index is 1460. The topological polar surface area (TPSA) is 106 Å². The minimum absolute atomic E-state index is 0.0407. The largest absolute Gasteiger partial charge is 0.487 e. The number of hydrogen-bond donors (Lipinski definition) is 2. The van der Waals surface area contributed by atoms with Gasteiger partial charge in [0.1, 0.15) is 18.5 Å². The molecule has 0 aromatic heterocycles. The van der Waals surface area contributed by atoms with Gasteiger partial charge < -0.3 is 20.1 Å². The molecule has 8 nitrogen and oxygen atoms in total. The van der Waals surface area contributed by atoms with Gasteiger partial charge in [-0.1, -0.05) is 66.2 Å². The van der Waals surface area contributed by atoms with E-state index < -0.39 is 17.3 Å². The van der Waals surface area contributed by atoms with E-state index in [1.807, 2.05) is 66.7 Å². The lowest BCUT2D eigenvalue weighted by atomic mass is 10.1. The summed E-state index contributed by atoms with van der Waals surface area (Å²) in [6, 6.07) is 28.6. The van der Waals surface area contributed by atoms with Gasteiger partial charge in [0.05, 0.1) is 10.6 Å². The lowest BCUT2D eigenvalue weighted by molar-refractivity contribution is -0.384. The number of rotatable bonds is 10. The predicted molar refractivity (Wildman–Crippen MR) is 144 cm³/mol. The van der Waals surface area contributed by atoms with Crippen molar-refractivity contribution in [2.75, 3.05) is 5.32 Å². The van der Waals surface area contributed by atoms with Gasteiger partial charge >= 0.3 is 0 Å². The summed E-state index contributed by atoms with van der Waals surface area (Å²) in [4.78, 5) is 23.1. The van der Waals surface area contributed by atoms with Crippen molar-refractivity contribution in [3.8, 4) is 5.75 Å². The van der Waals surface area contributed by atoms with Gasteiger partial charge in [-0.25, -0.2) is 0 Å². The van der Waals surface area contributed by atoms with Gasteiger partial charge in [0.15, 0.2) is 6.23 Å². The highest BCUT2D eigenvalue weighted by Gasteiger charge is 2.42. The molecular formula is C29H24ClN3O5. The monoisotopic (exact) mass is 529 g/mol. The van der Waals surface area contributed by atoms with Crippen LogP contribution in [0.3, 0.4) is 0 Å². The first kappa shape index (κ1) is 25.3. The quantitative estimate of drug-likeness (QED) is 0.142. The zero-order valence-electron chi connectivity index (χ0n) is 20.2. The average molecular weight is 530 g/mol. The van der Waals surface area contributed by atoms with E-state index in [0.29, 0.717) is 35.1 Å². The number of nitro groups is 1. The number of nitro benzene ring substituents is 1. The molecule has 2 N–H and O–H groups in total. The highest BCUT2D eigenvalue weighted by Crippen LogP contribution is 2.44. The fourth-order valence-electron chi connectivity index (χ4n) is 4.08. The predicted octanol–water partition coefficient (Wildman–Crippen LogP) is 6.27. The third kappa shape index (κ3) is 5.94. The van der Waals surface area contributed by atoms with Crippen LogP contribution in [0.1, 0.15) is 33.2 Å². The van der Waals surface area contributed by atoms with Gasteiger partial charge in [-0.3, -0.25) is 14.9 Å². The summed E-state index contributed by atoms with van der Waals surface area (Å²) in [6.45, 7) is 0.663. The first-order valence-corrected chi connectivity index (χ1v) is 12.3. The van der Waals surface area contributed by atoms with Crippen molar-refractivity contribution in [1.29, 1.82) is 0 Å². The number of halogens is 1. The van der Waals surface area contributed by atoms with Crippen LogP contribution < -0.4 is 15.4 Å². The van der Waals surface area contributed by atoms with Crippen LogP contribution in [0.4, 0.5) is 11.4 Å². The zero-order chi connectivity index (χ0) is 26.5. The fraction of sp³-hybridized carbons (Fsp3) is 0.138. The Kier molecular flexibility index (Phi) is 7.53. The highest BCUT2D eigenvalue weighted by molar-refractivity contribution is 6.31. The smallest absolute Gasteiger partial charge is 0.269 e. The Hall–Kier alpha value is -4.40. The van der Waals surface area contributed by atoms with Gasteiger partial charge in [0.25, 0.3) is 11.6 Å². The van der Waals surface area contributed by atoms with E-state index in [1.54, 1.807) is 12.1 Å². The Labute approximate surface area is 224 Å². The van der Waals surface area contributed by atoms with Gasteiger partial charge in [-0.05, 0) is 41.5 Å². The maximum Gasteiger partial charge on any atom is 0.269 e. The summed E-state index contributed by atoms with van der Waals surface area (Å²) >= 11 is 6.27. The molecule has 9 heteroatoms.